The van der Waals surface area contributed by atoms with Gasteiger partial charge in [-0.2, -0.15) is 18.2 Å². The van der Waals surface area contributed by atoms with Crippen LogP contribution in [-0.4, -0.2) is 31.2 Å². The molecule has 5 nitrogen and oxygen atoms in total. The number of likely N-dealkylation sites (N-methyl/N-ethyl adjacent to an activating group) is 1. The maximum absolute atomic E-state index is 12.7. The number of nitrogens with zero attached hydrogens (tertiary/aromatic N) is 1. The van der Waals surface area contributed by atoms with E-state index in [2.05, 4.69) is 5.32 Å². The Morgan fingerprint density at radius 1 is 1.45 bits per heavy atom. The summed E-state index contributed by atoms with van der Waals surface area (Å²) in [7, 11) is 2.92. The minimum atomic E-state index is -4.57. The number of anilines is 2. The molecule has 1 atom stereocenters. The molecule has 20 heavy (non-hydrogen) atoms. The van der Waals surface area contributed by atoms with Gasteiger partial charge >= 0.3 is 6.18 Å². The van der Waals surface area contributed by atoms with E-state index in [1.807, 2.05) is 0 Å². The molecule has 1 rings (SSSR count). The first-order valence-corrected chi connectivity index (χ1v) is 5.71. The lowest BCUT2D eigenvalue weighted by Gasteiger charge is -2.21. The van der Waals surface area contributed by atoms with Gasteiger partial charge in [0.1, 0.15) is 6.04 Å². The van der Waals surface area contributed by atoms with Crippen molar-refractivity contribution in [1.29, 1.82) is 0 Å². The standard InChI is InChI=1S/C12H16F3N3O2/c1-7(18(2)20-3)11(19)17-8-4-5-10(16)9(6-8)12(13,14)15/h4-7H,16H2,1-3H3,(H,17,19). The van der Waals surface area contributed by atoms with Crippen LogP contribution in [0.2, 0.25) is 0 Å². The van der Waals surface area contributed by atoms with Crippen LogP contribution in [0.4, 0.5) is 24.5 Å². The van der Waals surface area contributed by atoms with E-state index in [1.165, 1.54) is 25.3 Å². The van der Waals surface area contributed by atoms with Crippen LogP contribution in [0.15, 0.2) is 18.2 Å². The van der Waals surface area contributed by atoms with E-state index >= 15 is 0 Å². The molecule has 0 heterocycles. The summed E-state index contributed by atoms with van der Waals surface area (Å²) >= 11 is 0. The van der Waals surface area contributed by atoms with Crippen LogP contribution in [0.25, 0.3) is 0 Å². The summed E-state index contributed by atoms with van der Waals surface area (Å²) in [6.07, 6.45) is -4.57. The Balaban J connectivity index is 2.92. The lowest BCUT2D eigenvalue weighted by Crippen LogP contribution is -2.38. The average molecular weight is 291 g/mol. The highest BCUT2D eigenvalue weighted by molar-refractivity contribution is 5.94. The molecule has 0 saturated heterocycles. The number of carbonyl (C=O) groups excluding carboxylic acids is 1. The highest BCUT2D eigenvalue weighted by Gasteiger charge is 2.33. The van der Waals surface area contributed by atoms with Crippen LogP contribution in [-0.2, 0) is 15.8 Å². The molecule has 0 aliphatic rings. The molecule has 0 aromatic heterocycles. The number of amides is 1. The third-order valence-electron chi connectivity index (χ3n) is 2.84. The number of nitrogen functional groups attached to an aromatic ring is 1. The number of rotatable bonds is 4. The SMILES string of the molecule is CON(C)C(C)C(=O)Nc1ccc(N)c(C(F)(F)F)c1. The molecule has 0 aliphatic heterocycles. The van der Waals surface area contributed by atoms with Crippen molar-refractivity contribution in [2.75, 3.05) is 25.2 Å². The van der Waals surface area contributed by atoms with Gasteiger partial charge in [-0.05, 0) is 25.1 Å². The Hall–Kier alpha value is -1.80. The second-order valence-electron chi connectivity index (χ2n) is 4.19. The minimum absolute atomic E-state index is 0.0212. The summed E-state index contributed by atoms with van der Waals surface area (Å²) in [5.74, 6) is -0.493. The van der Waals surface area contributed by atoms with Crippen LogP contribution in [0, 0.1) is 0 Å². The number of hydrogen-bond donors (Lipinski definition) is 2. The Labute approximate surface area is 114 Å². The van der Waals surface area contributed by atoms with Gasteiger partial charge in [0.25, 0.3) is 0 Å². The number of nitrogens with one attached hydrogen (secondary N) is 1. The lowest BCUT2D eigenvalue weighted by atomic mass is 10.1. The Bertz CT molecular complexity index is 491. The zero-order chi connectivity index (χ0) is 15.5. The van der Waals surface area contributed by atoms with Crippen LogP contribution in [0.5, 0.6) is 0 Å². The molecule has 8 heteroatoms. The molecule has 0 aliphatic carbocycles. The number of hydroxylamine groups is 2. The molecule has 0 spiro atoms. The molecule has 0 saturated carbocycles. The third kappa shape index (κ3) is 3.84. The molecule has 1 amide bonds. The highest BCUT2D eigenvalue weighted by atomic mass is 19.4. The van der Waals surface area contributed by atoms with Crippen LogP contribution in [0.3, 0.4) is 0 Å². The van der Waals surface area contributed by atoms with Crippen molar-refractivity contribution < 1.29 is 22.8 Å². The third-order valence-corrected chi connectivity index (χ3v) is 2.84. The van der Waals surface area contributed by atoms with E-state index in [9.17, 15) is 18.0 Å². The van der Waals surface area contributed by atoms with Gasteiger partial charge in [0.05, 0.1) is 12.7 Å². The number of alkyl halides is 3. The maximum Gasteiger partial charge on any atom is 0.418 e. The molecular weight excluding hydrogens is 275 g/mol. The van der Waals surface area contributed by atoms with Gasteiger partial charge in [0.15, 0.2) is 0 Å². The van der Waals surface area contributed by atoms with Crippen molar-refractivity contribution >= 4 is 17.3 Å². The van der Waals surface area contributed by atoms with Gasteiger partial charge in [-0.25, -0.2) is 0 Å². The maximum atomic E-state index is 12.7. The van der Waals surface area contributed by atoms with E-state index in [0.717, 1.165) is 12.1 Å². The fourth-order valence-corrected chi connectivity index (χ4v) is 1.45. The second-order valence-corrected chi connectivity index (χ2v) is 4.19. The van der Waals surface area contributed by atoms with Gasteiger partial charge < -0.3 is 15.9 Å². The largest absolute Gasteiger partial charge is 0.418 e. The summed E-state index contributed by atoms with van der Waals surface area (Å²) in [6.45, 7) is 1.56. The summed E-state index contributed by atoms with van der Waals surface area (Å²) in [5.41, 5.74) is 3.92. The predicted molar refractivity (Wildman–Crippen MR) is 68.7 cm³/mol. The van der Waals surface area contributed by atoms with Gasteiger partial charge in [-0.3, -0.25) is 4.79 Å². The topological polar surface area (TPSA) is 67.6 Å². The number of halogens is 3. The fourth-order valence-electron chi connectivity index (χ4n) is 1.45. The number of hydrogen-bond acceptors (Lipinski definition) is 4. The normalized spacial score (nSPS) is 13.3. The molecule has 0 bridgehead atoms. The fraction of sp³-hybridized carbons (Fsp3) is 0.417. The first-order chi connectivity index (χ1) is 9.16. The number of carbonyl (C=O) groups is 1. The molecule has 1 aromatic carbocycles. The minimum Gasteiger partial charge on any atom is -0.398 e. The highest BCUT2D eigenvalue weighted by Crippen LogP contribution is 2.35. The van der Waals surface area contributed by atoms with Crippen molar-refractivity contribution in [1.82, 2.24) is 5.06 Å². The molecule has 0 fully saturated rings. The zero-order valence-corrected chi connectivity index (χ0v) is 11.3. The van der Waals surface area contributed by atoms with E-state index < -0.39 is 29.4 Å². The molecule has 112 valence electrons. The number of nitrogens with two attached hydrogens (primary N) is 1. The quantitative estimate of drug-likeness (QED) is 0.658. The summed E-state index contributed by atoms with van der Waals surface area (Å²) in [5, 5.41) is 3.66. The Morgan fingerprint density at radius 3 is 2.55 bits per heavy atom. The molecule has 3 N–H and O–H groups in total. The first-order valence-electron chi connectivity index (χ1n) is 5.71. The zero-order valence-electron chi connectivity index (χ0n) is 11.3. The van der Waals surface area contributed by atoms with E-state index in [-0.39, 0.29) is 5.69 Å². The first kappa shape index (κ1) is 16.3. The molecule has 1 unspecified atom stereocenters. The lowest BCUT2D eigenvalue weighted by molar-refractivity contribution is -0.154. The average Bonchev–Trinajstić information content (AvgIpc) is 2.37. The van der Waals surface area contributed by atoms with Gasteiger partial charge in [-0.15, -0.1) is 0 Å². The smallest absolute Gasteiger partial charge is 0.398 e. The second kappa shape index (κ2) is 6.10. The van der Waals surface area contributed by atoms with E-state index in [4.69, 9.17) is 10.6 Å². The van der Waals surface area contributed by atoms with Crippen molar-refractivity contribution in [2.24, 2.45) is 0 Å². The number of benzene rings is 1. The molecule has 1 aromatic rings. The predicted octanol–water partition coefficient (Wildman–Crippen LogP) is 2.11. The monoisotopic (exact) mass is 291 g/mol. The Morgan fingerprint density at radius 2 is 2.05 bits per heavy atom. The molecular formula is C12H16F3N3O2. The van der Waals surface area contributed by atoms with Crippen LogP contribution < -0.4 is 11.1 Å². The van der Waals surface area contributed by atoms with Crippen molar-refractivity contribution in [3.63, 3.8) is 0 Å². The summed E-state index contributed by atoms with van der Waals surface area (Å²) in [6, 6.07) is 2.55. The van der Waals surface area contributed by atoms with Crippen molar-refractivity contribution in [3.05, 3.63) is 23.8 Å². The van der Waals surface area contributed by atoms with E-state index in [1.54, 1.807) is 6.92 Å². The van der Waals surface area contributed by atoms with Gasteiger partial charge in [0.2, 0.25) is 5.91 Å². The van der Waals surface area contributed by atoms with Crippen LogP contribution >= 0.6 is 0 Å². The molecule has 0 radical (unpaired) electrons. The van der Waals surface area contributed by atoms with Crippen molar-refractivity contribution in [3.8, 4) is 0 Å². The van der Waals surface area contributed by atoms with E-state index in [0.29, 0.717) is 0 Å². The van der Waals surface area contributed by atoms with Gasteiger partial charge in [0, 0.05) is 18.4 Å². The summed E-state index contributed by atoms with van der Waals surface area (Å²) < 4.78 is 38.1. The van der Waals surface area contributed by atoms with Crippen molar-refractivity contribution in [2.45, 2.75) is 19.1 Å². The Kier molecular flexibility index (Phi) is 4.96. The summed E-state index contributed by atoms with van der Waals surface area (Å²) in [4.78, 5) is 16.7. The van der Waals surface area contributed by atoms with Gasteiger partial charge in [-0.1, -0.05) is 0 Å². The van der Waals surface area contributed by atoms with Crippen LogP contribution in [0.1, 0.15) is 12.5 Å².